The number of hydrogen-bond donors (Lipinski definition) is 0. The molecule has 0 saturated carbocycles. The largest absolute Gasteiger partial charge is 0.289 e. The standard InChI is InChI=1S/C17H6N4O2/c18-7-11(8-19)5-17(6-12(9-20)10-21)14-4-2-1-3-13(14)15(22)16(17)23/h1-6H. The number of nitriles is 4. The van der Waals surface area contributed by atoms with E-state index >= 15 is 0 Å². The summed E-state index contributed by atoms with van der Waals surface area (Å²) in [5.41, 5.74) is -2.23. The molecule has 0 radical (unpaired) electrons. The lowest BCUT2D eigenvalue weighted by atomic mass is 9.78. The van der Waals surface area contributed by atoms with E-state index in [1.165, 1.54) is 12.1 Å². The Bertz CT molecular complexity index is 882. The second-order valence-electron chi connectivity index (χ2n) is 4.64. The van der Waals surface area contributed by atoms with E-state index < -0.39 is 28.1 Å². The topological polar surface area (TPSA) is 129 Å². The molecule has 0 N–H and O–H groups in total. The van der Waals surface area contributed by atoms with Crippen LogP contribution in [0, 0.1) is 45.3 Å². The first-order valence-electron chi connectivity index (χ1n) is 6.28. The molecule has 1 aromatic rings. The molecular weight excluding hydrogens is 292 g/mol. The van der Waals surface area contributed by atoms with Crippen molar-refractivity contribution in [3.63, 3.8) is 0 Å². The Kier molecular flexibility index (Phi) is 3.87. The Labute approximate surface area is 131 Å². The summed E-state index contributed by atoms with van der Waals surface area (Å²) in [5.74, 6) is -1.71. The Hall–Kier alpha value is -4.00. The van der Waals surface area contributed by atoms with Crippen LogP contribution in [0.2, 0.25) is 0 Å². The van der Waals surface area contributed by atoms with Crippen molar-refractivity contribution in [2.75, 3.05) is 0 Å². The van der Waals surface area contributed by atoms with E-state index in [-0.39, 0.29) is 11.1 Å². The fourth-order valence-corrected chi connectivity index (χ4v) is 2.44. The molecule has 1 aliphatic rings. The number of carbonyl (C=O) groups excluding carboxylic acids is 2. The van der Waals surface area contributed by atoms with Gasteiger partial charge in [-0.05, 0) is 17.7 Å². The first kappa shape index (κ1) is 15.4. The SMILES string of the molecule is N#CC(C#N)=CC1(C=C(C#N)C#N)C(=O)C(=O)c2ccccc21. The van der Waals surface area contributed by atoms with Crippen molar-refractivity contribution in [3.05, 3.63) is 58.7 Å². The smallest absolute Gasteiger partial charge is 0.230 e. The molecule has 0 heterocycles. The van der Waals surface area contributed by atoms with Gasteiger partial charge < -0.3 is 0 Å². The minimum Gasteiger partial charge on any atom is -0.289 e. The van der Waals surface area contributed by atoms with Crippen LogP contribution in [0.15, 0.2) is 47.6 Å². The molecular formula is C17H6N4O2. The zero-order valence-corrected chi connectivity index (χ0v) is 11.6. The molecule has 6 heteroatoms. The monoisotopic (exact) mass is 298 g/mol. The van der Waals surface area contributed by atoms with Gasteiger partial charge in [0.05, 0.1) is 0 Å². The summed E-state index contributed by atoms with van der Waals surface area (Å²) in [6.45, 7) is 0. The summed E-state index contributed by atoms with van der Waals surface area (Å²) in [5, 5.41) is 35.8. The molecule has 23 heavy (non-hydrogen) atoms. The zero-order chi connectivity index (χ0) is 17.0. The summed E-state index contributed by atoms with van der Waals surface area (Å²) in [4.78, 5) is 24.7. The summed E-state index contributed by atoms with van der Waals surface area (Å²) < 4.78 is 0. The number of Topliss-reactive ketones (excluding diaryl/α,β-unsaturated/α-hetero) is 2. The van der Waals surface area contributed by atoms with Crippen molar-refractivity contribution in [2.24, 2.45) is 0 Å². The second-order valence-corrected chi connectivity index (χ2v) is 4.64. The van der Waals surface area contributed by atoms with Crippen LogP contribution in [0.3, 0.4) is 0 Å². The Morgan fingerprint density at radius 1 is 0.870 bits per heavy atom. The van der Waals surface area contributed by atoms with Crippen LogP contribution in [0.5, 0.6) is 0 Å². The Morgan fingerprint density at radius 3 is 1.83 bits per heavy atom. The number of ketones is 2. The van der Waals surface area contributed by atoms with Crippen LogP contribution >= 0.6 is 0 Å². The van der Waals surface area contributed by atoms with Gasteiger partial charge in [-0.3, -0.25) is 9.59 Å². The zero-order valence-electron chi connectivity index (χ0n) is 11.6. The Balaban J connectivity index is 2.93. The summed E-state index contributed by atoms with van der Waals surface area (Å²) >= 11 is 0. The number of hydrogen-bond acceptors (Lipinski definition) is 6. The van der Waals surface area contributed by atoms with Crippen molar-refractivity contribution in [2.45, 2.75) is 5.41 Å². The van der Waals surface area contributed by atoms with Gasteiger partial charge in [-0.2, -0.15) is 21.0 Å². The van der Waals surface area contributed by atoms with Gasteiger partial charge in [-0.25, -0.2) is 0 Å². The Morgan fingerprint density at radius 2 is 1.35 bits per heavy atom. The van der Waals surface area contributed by atoms with Crippen molar-refractivity contribution >= 4 is 11.6 Å². The van der Waals surface area contributed by atoms with Gasteiger partial charge in [0.1, 0.15) is 40.8 Å². The maximum atomic E-state index is 12.5. The van der Waals surface area contributed by atoms with Gasteiger partial charge in [0, 0.05) is 5.56 Å². The fourth-order valence-electron chi connectivity index (χ4n) is 2.44. The van der Waals surface area contributed by atoms with Gasteiger partial charge in [0.2, 0.25) is 11.6 Å². The number of fused-ring (bicyclic) bond motifs is 1. The first-order chi connectivity index (χ1) is 11.0. The first-order valence-corrected chi connectivity index (χ1v) is 6.28. The van der Waals surface area contributed by atoms with Crippen LogP contribution in [0.4, 0.5) is 0 Å². The lowest BCUT2D eigenvalue weighted by Gasteiger charge is -2.19. The van der Waals surface area contributed by atoms with E-state index in [2.05, 4.69) is 0 Å². The third-order valence-corrected chi connectivity index (χ3v) is 3.43. The predicted octanol–water partition coefficient (Wildman–Crippen LogP) is 1.64. The number of benzene rings is 1. The molecule has 6 nitrogen and oxygen atoms in total. The third-order valence-electron chi connectivity index (χ3n) is 3.43. The minimum absolute atomic E-state index is 0.121. The third kappa shape index (κ3) is 2.28. The molecule has 0 aliphatic heterocycles. The average Bonchev–Trinajstić information content (AvgIpc) is 2.80. The van der Waals surface area contributed by atoms with Crippen LogP contribution in [-0.2, 0) is 10.2 Å². The fraction of sp³-hybridized carbons (Fsp3) is 0.0588. The quantitative estimate of drug-likeness (QED) is 0.602. The number of nitrogens with zero attached hydrogens (tertiary/aromatic N) is 4. The van der Waals surface area contributed by atoms with Gasteiger partial charge in [-0.1, -0.05) is 24.3 Å². The van der Waals surface area contributed by atoms with E-state index in [1.807, 2.05) is 0 Å². The van der Waals surface area contributed by atoms with Crippen LogP contribution < -0.4 is 0 Å². The molecule has 0 atom stereocenters. The van der Waals surface area contributed by atoms with Crippen molar-refractivity contribution in [1.82, 2.24) is 0 Å². The molecule has 106 valence electrons. The lowest BCUT2D eigenvalue weighted by molar-refractivity contribution is -0.116. The van der Waals surface area contributed by atoms with Gasteiger partial charge in [0.25, 0.3) is 0 Å². The van der Waals surface area contributed by atoms with Gasteiger partial charge in [-0.15, -0.1) is 0 Å². The molecule has 0 amide bonds. The maximum Gasteiger partial charge on any atom is 0.230 e. The summed E-state index contributed by atoms with van der Waals surface area (Å²) in [6.07, 6.45) is 2.04. The molecule has 0 aromatic heterocycles. The van der Waals surface area contributed by atoms with Crippen LogP contribution in [-0.4, -0.2) is 11.6 Å². The molecule has 0 bridgehead atoms. The van der Waals surface area contributed by atoms with Crippen molar-refractivity contribution in [3.8, 4) is 24.3 Å². The van der Waals surface area contributed by atoms with Gasteiger partial charge in [0.15, 0.2) is 0 Å². The average molecular weight is 298 g/mol. The highest BCUT2D eigenvalue weighted by molar-refractivity contribution is 6.51. The van der Waals surface area contributed by atoms with E-state index in [9.17, 15) is 9.59 Å². The predicted molar refractivity (Wildman–Crippen MR) is 76.1 cm³/mol. The van der Waals surface area contributed by atoms with Crippen LogP contribution in [0.25, 0.3) is 0 Å². The van der Waals surface area contributed by atoms with Gasteiger partial charge >= 0.3 is 0 Å². The number of carbonyl (C=O) groups is 2. The molecule has 0 fully saturated rings. The van der Waals surface area contributed by atoms with E-state index in [0.29, 0.717) is 0 Å². The molecule has 0 spiro atoms. The normalized spacial score (nSPS) is 13.6. The maximum absolute atomic E-state index is 12.5. The lowest BCUT2D eigenvalue weighted by Crippen LogP contribution is -2.30. The summed E-state index contributed by atoms with van der Waals surface area (Å²) in [7, 11) is 0. The summed E-state index contributed by atoms with van der Waals surface area (Å²) in [6, 6.07) is 12.6. The second kappa shape index (κ2) is 5.78. The number of rotatable bonds is 2. The molecule has 0 unspecified atom stereocenters. The van der Waals surface area contributed by atoms with E-state index in [0.717, 1.165) is 12.2 Å². The van der Waals surface area contributed by atoms with Crippen LogP contribution in [0.1, 0.15) is 15.9 Å². The van der Waals surface area contributed by atoms with E-state index in [4.69, 9.17) is 21.0 Å². The van der Waals surface area contributed by atoms with E-state index in [1.54, 1.807) is 36.4 Å². The highest BCUT2D eigenvalue weighted by Crippen LogP contribution is 2.40. The highest BCUT2D eigenvalue weighted by Gasteiger charge is 2.49. The minimum atomic E-state index is -1.80. The molecule has 1 aromatic carbocycles. The molecule has 1 aliphatic carbocycles. The van der Waals surface area contributed by atoms with Crippen molar-refractivity contribution < 1.29 is 9.59 Å². The molecule has 2 rings (SSSR count). The number of allylic oxidation sites excluding steroid dienone is 4. The molecule has 0 saturated heterocycles. The van der Waals surface area contributed by atoms with Crippen molar-refractivity contribution in [1.29, 1.82) is 21.0 Å². The highest BCUT2D eigenvalue weighted by atomic mass is 16.2.